The molecule has 3 rings (SSSR count). The van der Waals surface area contributed by atoms with Crippen LogP contribution < -0.4 is 21.3 Å². The number of carbonyl (C=O) groups is 1. The molecule has 8 heteroatoms. The molecule has 0 aliphatic heterocycles. The van der Waals surface area contributed by atoms with Gasteiger partial charge in [-0.25, -0.2) is 4.79 Å². The highest BCUT2D eigenvalue weighted by atomic mass is 32.1. The number of hydrogen-bond donors (Lipinski definition) is 1. The van der Waals surface area contributed by atoms with Gasteiger partial charge in [0.05, 0.1) is 12.6 Å². The van der Waals surface area contributed by atoms with E-state index in [1.807, 2.05) is 6.92 Å². The van der Waals surface area contributed by atoms with Crippen LogP contribution in [0.5, 0.6) is 5.75 Å². The third-order valence-electron chi connectivity index (χ3n) is 4.25. The molecule has 0 atom stereocenters. The molecule has 27 heavy (non-hydrogen) atoms. The normalized spacial score (nSPS) is 10.9. The summed E-state index contributed by atoms with van der Waals surface area (Å²) in [4.78, 5) is 37.8. The van der Waals surface area contributed by atoms with Crippen LogP contribution in [0.1, 0.15) is 19.8 Å². The van der Waals surface area contributed by atoms with Crippen molar-refractivity contribution in [3.05, 3.63) is 56.5 Å². The van der Waals surface area contributed by atoms with E-state index >= 15 is 0 Å². The highest BCUT2D eigenvalue weighted by Crippen LogP contribution is 2.17. The van der Waals surface area contributed by atoms with Gasteiger partial charge in [0.2, 0.25) is 5.91 Å². The molecular weight excluding hydrogens is 366 g/mol. The molecule has 0 aliphatic rings. The molecule has 0 aliphatic carbocycles. The smallest absolute Gasteiger partial charge is 0.332 e. The summed E-state index contributed by atoms with van der Waals surface area (Å²) in [5.74, 6) is 0.350. The summed E-state index contributed by atoms with van der Waals surface area (Å²) in [6.07, 6.45) is 1.59. The Balaban J connectivity index is 1.91. The first-order chi connectivity index (χ1) is 13.0. The zero-order valence-electron chi connectivity index (χ0n) is 15.2. The Morgan fingerprint density at radius 3 is 2.56 bits per heavy atom. The van der Waals surface area contributed by atoms with Crippen LogP contribution in [0.25, 0.3) is 10.2 Å². The van der Waals surface area contributed by atoms with Gasteiger partial charge in [0.1, 0.15) is 17.0 Å². The Bertz CT molecular complexity index is 1060. The lowest BCUT2D eigenvalue weighted by atomic mass is 10.3. The van der Waals surface area contributed by atoms with Gasteiger partial charge in [0.15, 0.2) is 0 Å². The lowest BCUT2D eigenvalue weighted by Gasteiger charge is -2.12. The lowest BCUT2D eigenvalue weighted by molar-refractivity contribution is -0.116. The summed E-state index contributed by atoms with van der Waals surface area (Å²) < 4.78 is 8.17. The number of benzene rings is 1. The van der Waals surface area contributed by atoms with Crippen LogP contribution in [0.3, 0.4) is 0 Å². The van der Waals surface area contributed by atoms with Gasteiger partial charge in [-0.1, -0.05) is 13.3 Å². The van der Waals surface area contributed by atoms with E-state index in [0.717, 1.165) is 12.8 Å². The number of amides is 1. The van der Waals surface area contributed by atoms with E-state index in [0.29, 0.717) is 28.2 Å². The molecule has 142 valence electrons. The number of thiophene rings is 1. The lowest BCUT2D eigenvalue weighted by Crippen LogP contribution is -2.41. The van der Waals surface area contributed by atoms with Gasteiger partial charge in [0.25, 0.3) is 5.56 Å². The summed E-state index contributed by atoms with van der Waals surface area (Å²) in [6, 6.07) is 8.63. The molecule has 0 radical (unpaired) electrons. The summed E-state index contributed by atoms with van der Waals surface area (Å²) >= 11 is 1.28. The molecular formula is C19H21N3O4S. The zero-order valence-corrected chi connectivity index (χ0v) is 16.0. The van der Waals surface area contributed by atoms with Crippen LogP contribution >= 0.6 is 11.3 Å². The number of methoxy groups -OCH3 is 1. The fourth-order valence-electron chi connectivity index (χ4n) is 2.82. The zero-order chi connectivity index (χ0) is 19.4. The second kappa shape index (κ2) is 8.22. The average Bonchev–Trinajstić information content (AvgIpc) is 3.16. The maximum Gasteiger partial charge on any atom is 0.332 e. The quantitative estimate of drug-likeness (QED) is 0.676. The molecule has 0 unspecified atom stereocenters. The van der Waals surface area contributed by atoms with E-state index in [1.165, 1.54) is 20.5 Å². The molecule has 0 fully saturated rings. The third kappa shape index (κ3) is 3.95. The van der Waals surface area contributed by atoms with E-state index in [-0.39, 0.29) is 18.0 Å². The number of aromatic nitrogens is 2. The number of hydrogen-bond acceptors (Lipinski definition) is 5. The van der Waals surface area contributed by atoms with Gasteiger partial charge in [-0.3, -0.25) is 18.7 Å². The largest absolute Gasteiger partial charge is 0.497 e. The summed E-state index contributed by atoms with van der Waals surface area (Å²) in [5.41, 5.74) is 0.358. The summed E-state index contributed by atoms with van der Waals surface area (Å²) in [7, 11) is 1.57. The van der Waals surface area contributed by atoms with Crippen molar-refractivity contribution in [2.45, 2.75) is 32.9 Å². The molecule has 2 heterocycles. The van der Waals surface area contributed by atoms with Crippen molar-refractivity contribution in [1.82, 2.24) is 9.13 Å². The molecule has 0 bridgehead atoms. The van der Waals surface area contributed by atoms with Crippen LogP contribution in [-0.2, 0) is 17.9 Å². The van der Waals surface area contributed by atoms with Crippen LogP contribution in [0, 0.1) is 0 Å². The molecule has 1 amide bonds. The number of carbonyl (C=O) groups excluding carboxylic acids is 1. The number of nitrogens with one attached hydrogen (secondary N) is 1. The van der Waals surface area contributed by atoms with Gasteiger partial charge in [0, 0.05) is 12.2 Å². The van der Waals surface area contributed by atoms with Crippen molar-refractivity contribution in [2.24, 2.45) is 0 Å². The van der Waals surface area contributed by atoms with Crippen molar-refractivity contribution in [3.8, 4) is 5.75 Å². The Morgan fingerprint density at radius 1 is 1.15 bits per heavy atom. The van der Waals surface area contributed by atoms with Gasteiger partial charge >= 0.3 is 5.69 Å². The minimum atomic E-state index is -0.454. The van der Waals surface area contributed by atoms with Gasteiger partial charge < -0.3 is 10.1 Å². The van der Waals surface area contributed by atoms with Crippen molar-refractivity contribution in [2.75, 3.05) is 12.4 Å². The number of nitrogens with zero attached hydrogens (tertiary/aromatic N) is 2. The number of unbranched alkanes of at least 4 members (excludes halogenated alkanes) is 1. The first-order valence-electron chi connectivity index (χ1n) is 8.70. The maximum absolute atomic E-state index is 12.8. The third-order valence-corrected chi connectivity index (χ3v) is 5.14. The predicted octanol–water partition coefficient (Wildman–Crippen LogP) is 2.67. The van der Waals surface area contributed by atoms with Crippen LogP contribution in [-0.4, -0.2) is 22.2 Å². The van der Waals surface area contributed by atoms with Crippen LogP contribution in [0.4, 0.5) is 5.69 Å². The Hall–Kier alpha value is -2.87. The van der Waals surface area contributed by atoms with Crippen molar-refractivity contribution >= 4 is 33.1 Å². The molecule has 7 nitrogen and oxygen atoms in total. The van der Waals surface area contributed by atoms with Gasteiger partial charge in [-0.15, -0.1) is 11.3 Å². The Kier molecular flexibility index (Phi) is 5.75. The van der Waals surface area contributed by atoms with Crippen molar-refractivity contribution in [1.29, 1.82) is 0 Å². The second-order valence-corrected chi connectivity index (χ2v) is 7.01. The minimum Gasteiger partial charge on any atom is -0.497 e. The van der Waals surface area contributed by atoms with Crippen molar-refractivity contribution in [3.63, 3.8) is 0 Å². The second-order valence-electron chi connectivity index (χ2n) is 6.09. The van der Waals surface area contributed by atoms with E-state index < -0.39 is 5.69 Å². The van der Waals surface area contributed by atoms with Gasteiger partial charge in [-0.2, -0.15) is 0 Å². The van der Waals surface area contributed by atoms with Crippen molar-refractivity contribution < 1.29 is 9.53 Å². The molecule has 3 aromatic rings. The molecule has 2 aromatic heterocycles. The SMILES string of the molecule is CCCCn1c(=O)c2sccc2n(CC(=O)Nc2ccc(OC)cc2)c1=O. The summed E-state index contributed by atoms with van der Waals surface area (Å²) in [6.45, 7) is 2.18. The first kappa shape index (κ1) is 18.9. The number of rotatable bonds is 7. The fourth-order valence-corrected chi connectivity index (χ4v) is 3.66. The Morgan fingerprint density at radius 2 is 1.89 bits per heavy atom. The maximum atomic E-state index is 12.8. The highest BCUT2D eigenvalue weighted by Gasteiger charge is 2.16. The number of anilines is 1. The highest BCUT2D eigenvalue weighted by molar-refractivity contribution is 7.17. The number of ether oxygens (including phenoxy) is 1. The minimum absolute atomic E-state index is 0.162. The van der Waals surface area contributed by atoms with Crippen LogP contribution in [0.2, 0.25) is 0 Å². The topological polar surface area (TPSA) is 82.3 Å². The van der Waals surface area contributed by atoms with E-state index in [9.17, 15) is 14.4 Å². The Labute approximate surface area is 159 Å². The average molecular weight is 387 g/mol. The summed E-state index contributed by atoms with van der Waals surface area (Å²) in [5, 5.41) is 4.52. The van der Waals surface area contributed by atoms with E-state index in [4.69, 9.17) is 4.74 Å². The molecule has 1 N–H and O–H groups in total. The van der Waals surface area contributed by atoms with E-state index in [2.05, 4.69) is 5.32 Å². The molecule has 0 saturated heterocycles. The van der Waals surface area contributed by atoms with Crippen LogP contribution in [0.15, 0.2) is 45.3 Å². The predicted molar refractivity (Wildman–Crippen MR) is 107 cm³/mol. The number of fused-ring (bicyclic) bond motifs is 1. The monoisotopic (exact) mass is 387 g/mol. The molecule has 0 saturated carbocycles. The standard InChI is InChI=1S/C19H21N3O4S/c1-3-4-10-21-18(24)17-15(9-11-27-17)22(19(21)25)12-16(23)20-13-5-7-14(26-2)8-6-13/h5-9,11H,3-4,10,12H2,1-2H3,(H,20,23). The van der Waals surface area contributed by atoms with Gasteiger partial charge in [-0.05, 0) is 42.1 Å². The van der Waals surface area contributed by atoms with E-state index in [1.54, 1.807) is 42.8 Å². The molecule has 1 aromatic carbocycles. The molecule has 0 spiro atoms. The fraction of sp³-hybridized carbons (Fsp3) is 0.316. The first-order valence-corrected chi connectivity index (χ1v) is 9.58.